The number of nitro groups is 1. The molecule has 0 saturated carbocycles. The molecule has 3 rings (SSSR count). The Hall–Kier alpha value is -3.31. The number of benzene rings is 2. The lowest BCUT2D eigenvalue weighted by Gasteiger charge is -2.06. The van der Waals surface area contributed by atoms with Gasteiger partial charge in [-0.1, -0.05) is 53.4 Å². The molecule has 0 unspecified atom stereocenters. The van der Waals surface area contributed by atoms with Crippen molar-refractivity contribution in [1.29, 1.82) is 0 Å². The number of carbonyl (C=O) groups excluding carboxylic acids is 2. The molecule has 29 heavy (non-hydrogen) atoms. The highest BCUT2D eigenvalue weighted by atomic mass is 32.2. The molecule has 9 nitrogen and oxygen atoms in total. The molecule has 2 N–H and O–H groups in total. The Kier molecular flexibility index (Phi) is 6.52. The molecule has 0 atom stereocenters. The third-order valence-electron chi connectivity index (χ3n) is 3.72. The molecule has 0 fully saturated rings. The molecule has 11 heteroatoms. The lowest BCUT2D eigenvalue weighted by molar-refractivity contribution is -0.385. The molecule has 2 amide bonds. The average Bonchev–Trinajstić information content (AvgIpc) is 3.15. The van der Waals surface area contributed by atoms with Gasteiger partial charge in [0.2, 0.25) is 11.0 Å². The first-order valence-corrected chi connectivity index (χ1v) is 10.1. The maximum Gasteiger partial charge on any atom is 0.282 e. The fourth-order valence-corrected chi connectivity index (χ4v) is 3.88. The number of anilines is 2. The highest BCUT2D eigenvalue weighted by Gasteiger charge is 2.20. The number of nitro benzene ring substituents is 1. The van der Waals surface area contributed by atoms with Gasteiger partial charge in [0.15, 0.2) is 4.34 Å². The SMILES string of the molecule is Cc1ccccc1NC(=O)CSc1nnc(NC(=O)c2ccccc2[N+](=O)[O-])s1. The molecule has 0 spiro atoms. The minimum atomic E-state index is -0.651. The van der Waals surface area contributed by atoms with Crippen LogP contribution < -0.4 is 10.6 Å². The van der Waals surface area contributed by atoms with Crippen molar-refractivity contribution in [2.75, 3.05) is 16.4 Å². The Morgan fingerprint density at radius 1 is 1.10 bits per heavy atom. The van der Waals surface area contributed by atoms with E-state index in [-0.39, 0.29) is 28.0 Å². The average molecular weight is 429 g/mol. The van der Waals surface area contributed by atoms with E-state index in [1.54, 1.807) is 0 Å². The minimum absolute atomic E-state index is 0.0699. The normalized spacial score (nSPS) is 10.4. The summed E-state index contributed by atoms with van der Waals surface area (Å²) in [5.74, 6) is -0.714. The highest BCUT2D eigenvalue weighted by Crippen LogP contribution is 2.27. The van der Waals surface area contributed by atoms with Gasteiger partial charge in [-0.05, 0) is 24.6 Å². The van der Waals surface area contributed by atoms with Gasteiger partial charge in [0.25, 0.3) is 11.6 Å². The van der Waals surface area contributed by atoms with Crippen LogP contribution in [0, 0.1) is 17.0 Å². The van der Waals surface area contributed by atoms with E-state index in [1.807, 2.05) is 31.2 Å². The quantitative estimate of drug-likeness (QED) is 0.253. The second-order valence-electron chi connectivity index (χ2n) is 5.75. The Morgan fingerprint density at radius 3 is 2.59 bits per heavy atom. The number of hydrogen-bond donors (Lipinski definition) is 2. The summed E-state index contributed by atoms with van der Waals surface area (Å²) in [6.45, 7) is 1.90. The molecule has 1 aromatic heterocycles. The number of rotatable bonds is 7. The first-order chi connectivity index (χ1) is 13.9. The maximum absolute atomic E-state index is 12.3. The molecular weight excluding hydrogens is 414 g/mol. The van der Waals surface area contributed by atoms with Crippen molar-refractivity contribution in [3.05, 3.63) is 69.8 Å². The van der Waals surface area contributed by atoms with Gasteiger partial charge < -0.3 is 5.32 Å². The molecule has 3 aromatic rings. The van der Waals surface area contributed by atoms with Gasteiger partial charge in [0.1, 0.15) is 5.56 Å². The summed E-state index contributed by atoms with van der Waals surface area (Å²) in [6, 6.07) is 13.1. The smallest absolute Gasteiger partial charge is 0.282 e. The van der Waals surface area contributed by atoms with Gasteiger partial charge in [0, 0.05) is 11.8 Å². The molecule has 0 aliphatic rings. The van der Waals surface area contributed by atoms with Crippen LogP contribution in [0.1, 0.15) is 15.9 Å². The van der Waals surface area contributed by atoms with Crippen LogP contribution >= 0.6 is 23.1 Å². The number of aryl methyl sites for hydroxylation is 1. The van der Waals surface area contributed by atoms with Crippen molar-refractivity contribution in [2.45, 2.75) is 11.3 Å². The second-order valence-corrected chi connectivity index (χ2v) is 7.95. The van der Waals surface area contributed by atoms with E-state index in [0.717, 1.165) is 22.6 Å². The molecule has 0 saturated heterocycles. The zero-order valence-electron chi connectivity index (χ0n) is 15.1. The predicted octanol–water partition coefficient (Wildman–Crippen LogP) is 3.74. The molecule has 0 aliphatic carbocycles. The van der Waals surface area contributed by atoms with Crippen LogP contribution in [0.3, 0.4) is 0 Å². The Labute approximate surface area is 173 Å². The summed E-state index contributed by atoms with van der Waals surface area (Å²) in [7, 11) is 0. The van der Waals surface area contributed by atoms with Crippen LogP contribution in [-0.4, -0.2) is 32.7 Å². The molecule has 0 aliphatic heterocycles. The number of hydrogen-bond acceptors (Lipinski definition) is 8. The van der Waals surface area contributed by atoms with Gasteiger partial charge in [-0.3, -0.25) is 25.0 Å². The van der Waals surface area contributed by atoms with Crippen LogP contribution in [0.5, 0.6) is 0 Å². The number of carbonyl (C=O) groups is 2. The fourth-order valence-electron chi connectivity index (χ4n) is 2.33. The van der Waals surface area contributed by atoms with E-state index in [0.29, 0.717) is 4.34 Å². The topological polar surface area (TPSA) is 127 Å². The van der Waals surface area contributed by atoms with E-state index >= 15 is 0 Å². The first-order valence-electron chi connectivity index (χ1n) is 8.30. The van der Waals surface area contributed by atoms with Crippen molar-refractivity contribution < 1.29 is 14.5 Å². The third kappa shape index (κ3) is 5.36. The van der Waals surface area contributed by atoms with Crippen molar-refractivity contribution in [3.63, 3.8) is 0 Å². The van der Waals surface area contributed by atoms with E-state index in [9.17, 15) is 19.7 Å². The number of amides is 2. The van der Waals surface area contributed by atoms with Crippen LogP contribution in [0.2, 0.25) is 0 Å². The van der Waals surface area contributed by atoms with Gasteiger partial charge >= 0.3 is 0 Å². The van der Waals surface area contributed by atoms with Crippen molar-refractivity contribution in [3.8, 4) is 0 Å². The second kappa shape index (κ2) is 9.26. The van der Waals surface area contributed by atoms with Crippen LogP contribution in [0.4, 0.5) is 16.5 Å². The van der Waals surface area contributed by atoms with Crippen molar-refractivity contribution in [1.82, 2.24) is 10.2 Å². The molecule has 0 bridgehead atoms. The Balaban J connectivity index is 1.57. The van der Waals surface area contributed by atoms with Crippen molar-refractivity contribution >= 4 is 51.4 Å². The third-order valence-corrected chi connectivity index (χ3v) is 5.69. The molecule has 2 aromatic carbocycles. The van der Waals surface area contributed by atoms with E-state index in [1.165, 1.54) is 36.0 Å². The number of nitrogens with one attached hydrogen (secondary N) is 2. The van der Waals surface area contributed by atoms with Crippen molar-refractivity contribution in [2.24, 2.45) is 0 Å². The highest BCUT2D eigenvalue weighted by molar-refractivity contribution is 8.01. The van der Waals surface area contributed by atoms with Gasteiger partial charge in [-0.15, -0.1) is 10.2 Å². The van der Waals surface area contributed by atoms with Gasteiger partial charge in [0.05, 0.1) is 10.7 Å². The number of nitrogens with zero attached hydrogens (tertiary/aromatic N) is 3. The summed E-state index contributed by atoms with van der Waals surface area (Å²) in [5, 5.41) is 24.3. The van der Waals surface area contributed by atoms with Crippen LogP contribution in [0.15, 0.2) is 52.9 Å². The summed E-state index contributed by atoms with van der Waals surface area (Å²) in [5.41, 5.74) is 1.34. The minimum Gasteiger partial charge on any atom is -0.325 e. The van der Waals surface area contributed by atoms with E-state index < -0.39 is 10.8 Å². The standard InChI is InChI=1S/C18H15N5O4S2/c1-11-6-2-4-8-13(11)19-15(24)10-28-18-22-21-17(29-18)20-16(25)12-7-3-5-9-14(12)23(26)27/h2-9H,10H2,1H3,(H,19,24)(H,20,21,25). The molecule has 1 heterocycles. The monoisotopic (exact) mass is 429 g/mol. The Morgan fingerprint density at radius 2 is 1.83 bits per heavy atom. The van der Waals surface area contributed by atoms with Crippen LogP contribution in [-0.2, 0) is 4.79 Å². The zero-order chi connectivity index (χ0) is 20.8. The summed E-state index contributed by atoms with van der Waals surface area (Å²) >= 11 is 2.26. The first kappa shape index (κ1) is 20.4. The van der Waals surface area contributed by atoms with E-state index in [2.05, 4.69) is 20.8 Å². The summed E-state index contributed by atoms with van der Waals surface area (Å²) < 4.78 is 0.489. The summed E-state index contributed by atoms with van der Waals surface area (Å²) in [6.07, 6.45) is 0. The number of para-hydroxylation sites is 2. The molecular formula is C18H15N5O4S2. The lowest BCUT2D eigenvalue weighted by Crippen LogP contribution is -2.14. The Bertz CT molecular complexity index is 1070. The lowest BCUT2D eigenvalue weighted by atomic mass is 10.1. The fraction of sp³-hybridized carbons (Fsp3) is 0.111. The number of thioether (sulfide) groups is 1. The van der Waals surface area contributed by atoms with Gasteiger partial charge in [-0.25, -0.2) is 0 Å². The van der Waals surface area contributed by atoms with E-state index in [4.69, 9.17) is 0 Å². The van der Waals surface area contributed by atoms with Gasteiger partial charge in [-0.2, -0.15) is 0 Å². The van der Waals surface area contributed by atoms with Crippen LogP contribution in [0.25, 0.3) is 0 Å². The molecule has 0 radical (unpaired) electrons. The largest absolute Gasteiger partial charge is 0.325 e. The molecule has 148 valence electrons. The zero-order valence-corrected chi connectivity index (χ0v) is 16.8. The predicted molar refractivity (Wildman–Crippen MR) is 111 cm³/mol. The summed E-state index contributed by atoms with van der Waals surface area (Å²) in [4.78, 5) is 34.8. The number of aromatic nitrogens is 2. The maximum atomic E-state index is 12.3.